The lowest BCUT2D eigenvalue weighted by atomic mass is 9.80. The second-order valence-corrected chi connectivity index (χ2v) is 5.70. The Morgan fingerprint density at radius 1 is 1.35 bits per heavy atom. The van der Waals surface area contributed by atoms with Crippen LogP contribution < -0.4 is 5.46 Å². The molecule has 1 saturated heterocycles. The van der Waals surface area contributed by atoms with Crippen LogP contribution in [0.1, 0.15) is 12.0 Å². The predicted octanol–water partition coefficient (Wildman–Crippen LogP) is 0.304. The van der Waals surface area contributed by atoms with Gasteiger partial charge in [-0.05, 0) is 30.2 Å². The maximum absolute atomic E-state index is 9.01. The molecule has 1 unspecified atom stereocenters. The summed E-state index contributed by atoms with van der Waals surface area (Å²) in [4.78, 5) is 2.38. The summed E-state index contributed by atoms with van der Waals surface area (Å²) in [6.07, 6.45) is 1.27. The molecule has 2 rings (SSSR count). The quantitative estimate of drug-likeness (QED) is 0.756. The first-order valence-corrected chi connectivity index (χ1v) is 7.05. The van der Waals surface area contributed by atoms with Crippen molar-refractivity contribution < 1.29 is 10.0 Å². The maximum atomic E-state index is 9.01. The van der Waals surface area contributed by atoms with Crippen LogP contribution in [0.5, 0.6) is 0 Å². The van der Waals surface area contributed by atoms with Gasteiger partial charge in [-0.3, -0.25) is 4.90 Å². The Morgan fingerprint density at radius 2 is 2.06 bits per heavy atom. The molecule has 2 N–H and O–H groups in total. The highest BCUT2D eigenvalue weighted by atomic mass is 32.2. The van der Waals surface area contributed by atoms with Crippen LogP contribution in [0, 0.1) is 0 Å². The van der Waals surface area contributed by atoms with Crippen LogP contribution in [0.15, 0.2) is 24.3 Å². The second kappa shape index (κ2) is 5.91. The van der Waals surface area contributed by atoms with Gasteiger partial charge in [0.25, 0.3) is 0 Å². The number of hydrogen-bond acceptors (Lipinski definition) is 4. The average Bonchev–Trinajstić information content (AvgIpc) is 2.83. The summed E-state index contributed by atoms with van der Waals surface area (Å²) in [6, 6.07) is 8.16. The Bertz CT molecular complexity index is 352. The van der Waals surface area contributed by atoms with Crippen molar-refractivity contribution in [3.8, 4) is 0 Å². The third kappa shape index (κ3) is 3.49. The number of benzene rings is 1. The minimum atomic E-state index is -1.37. The van der Waals surface area contributed by atoms with Gasteiger partial charge in [-0.1, -0.05) is 24.3 Å². The smallest absolute Gasteiger partial charge is 0.423 e. The van der Waals surface area contributed by atoms with E-state index in [-0.39, 0.29) is 0 Å². The summed E-state index contributed by atoms with van der Waals surface area (Å²) in [5, 5.41) is 18.0. The summed E-state index contributed by atoms with van der Waals surface area (Å²) in [5.41, 5.74) is 1.77. The maximum Gasteiger partial charge on any atom is 0.488 e. The third-order valence-electron chi connectivity index (χ3n) is 3.24. The molecule has 1 aliphatic heterocycles. The van der Waals surface area contributed by atoms with E-state index in [4.69, 9.17) is 10.0 Å². The molecule has 0 aromatic heterocycles. The van der Waals surface area contributed by atoms with E-state index in [9.17, 15) is 0 Å². The van der Waals surface area contributed by atoms with E-state index >= 15 is 0 Å². The molecule has 1 aromatic rings. The SMILES string of the molecule is CN(Cc1ccc(B(O)O)cc1)C1CCSC1. The molecular formula is C12H18BNO2S. The van der Waals surface area contributed by atoms with Crippen molar-refractivity contribution in [3.63, 3.8) is 0 Å². The largest absolute Gasteiger partial charge is 0.488 e. The molecule has 0 saturated carbocycles. The lowest BCUT2D eigenvalue weighted by Crippen LogP contribution is -2.32. The summed E-state index contributed by atoms with van der Waals surface area (Å²) >= 11 is 2.02. The Morgan fingerprint density at radius 3 is 2.59 bits per heavy atom. The molecule has 0 radical (unpaired) electrons. The molecule has 1 fully saturated rings. The van der Waals surface area contributed by atoms with Gasteiger partial charge in [0, 0.05) is 18.3 Å². The lowest BCUT2D eigenvalue weighted by Gasteiger charge is -2.23. The molecule has 92 valence electrons. The van der Waals surface area contributed by atoms with Crippen molar-refractivity contribution in [2.45, 2.75) is 19.0 Å². The fraction of sp³-hybridized carbons (Fsp3) is 0.500. The van der Waals surface area contributed by atoms with Crippen molar-refractivity contribution in [1.82, 2.24) is 4.90 Å². The van der Waals surface area contributed by atoms with Gasteiger partial charge < -0.3 is 10.0 Å². The van der Waals surface area contributed by atoms with Crippen LogP contribution in [0.2, 0.25) is 0 Å². The fourth-order valence-corrected chi connectivity index (χ4v) is 3.38. The molecule has 17 heavy (non-hydrogen) atoms. The van der Waals surface area contributed by atoms with Gasteiger partial charge >= 0.3 is 7.12 Å². The van der Waals surface area contributed by atoms with E-state index in [0.29, 0.717) is 11.5 Å². The lowest BCUT2D eigenvalue weighted by molar-refractivity contribution is 0.254. The molecule has 1 heterocycles. The molecule has 0 bridgehead atoms. The third-order valence-corrected chi connectivity index (χ3v) is 4.38. The van der Waals surface area contributed by atoms with Crippen LogP contribution in [0.25, 0.3) is 0 Å². The standard InChI is InChI=1S/C12H18BNO2S/c1-14(12-6-7-17-9-12)8-10-2-4-11(5-3-10)13(15)16/h2-5,12,15-16H,6-9H2,1H3. The second-order valence-electron chi connectivity index (χ2n) is 4.55. The zero-order valence-electron chi connectivity index (χ0n) is 10.0. The van der Waals surface area contributed by atoms with E-state index in [1.807, 2.05) is 23.9 Å². The molecule has 1 aromatic carbocycles. The molecule has 0 aliphatic carbocycles. The monoisotopic (exact) mass is 251 g/mol. The van der Waals surface area contributed by atoms with Gasteiger partial charge in [0.15, 0.2) is 0 Å². The van der Waals surface area contributed by atoms with Gasteiger partial charge in [-0.15, -0.1) is 0 Å². The van der Waals surface area contributed by atoms with Crippen molar-refractivity contribution in [2.75, 3.05) is 18.6 Å². The first-order valence-electron chi connectivity index (χ1n) is 5.90. The highest BCUT2D eigenvalue weighted by Crippen LogP contribution is 2.22. The molecule has 3 nitrogen and oxygen atoms in total. The van der Waals surface area contributed by atoms with Gasteiger partial charge in [0.2, 0.25) is 0 Å². The number of rotatable bonds is 4. The summed E-state index contributed by atoms with van der Waals surface area (Å²) in [6.45, 7) is 0.924. The minimum absolute atomic E-state index is 0.549. The van der Waals surface area contributed by atoms with Crippen molar-refractivity contribution in [2.24, 2.45) is 0 Å². The Kier molecular flexibility index (Phi) is 4.51. The van der Waals surface area contributed by atoms with Crippen molar-refractivity contribution in [3.05, 3.63) is 29.8 Å². The predicted molar refractivity (Wildman–Crippen MR) is 73.5 cm³/mol. The van der Waals surface area contributed by atoms with Crippen molar-refractivity contribution >= 4 is 24.3 Å². The Labute approximate surface area is 107 Å². The summed E-state index contributed by atoms with van der Waals surface area (Å²) in [5.74, 6) is 2.49. The van der Waals surface area contributed by atoms with E-state index in [1.165, 1.54) is 23.5 Å². The summed E-state index contributed by atoms with van der Waals surface area (Å²) < 4.78 is 0. The van der Waals surface area contributed by atoms with Gasteiger partial charge in [-0.25, -0.2) is 0 Å². The minimum Gasteiger partial charge on any atom is -0.423 e. The molecule has 1 atom stereocenters. The molecule has 1 aliphatic rings. The van der Waals surface area contributed by atoms with Crippen LogP contribution in [0.4, 0.5) is 0 Å². The fourth-order valence-electron chi connectivity index (χ4n) is 2.08. The Hall–Kier alpha value is -0.485. The topological polar surface area (TPSA) is 43.7 Å². The van der Waals surface area contributed by atoms with Crippen LogP contribution in [0.3, 0.4) is 0 Å². The number of thioether (sulfide) groups is 1. The highest BCUT2D eigenvalue weighted by molar-refractivity contribution is 7.99. The van der Waals surface area contributed by atoms with Gasteiger partial charge in [0.1, 0.15) is 0 Å². The van der Waals surface area contributed by atoms with Crippen molar-refractivity contribution in [1.29, 1.82) is 0 Å². The van der Waals surface area contributed by atoms with Crippen LogP contribution in [-0.2, 0) is 6.54 Å². The number of hydrogen-bond donors (Lipinski definition) is 2. The van der Waals surface area contributed by atoms with E-state index < -0.39 is 7.12 Å². The average molecular weight is 251 g/mol. The first-order chi connectivity index (χ1) is 8.16. The van der Waals surface area contributed by atoms with Gasteiger partial charge in [0.05, 0.1) is 0 Å². The first kappa shape index (κ1) is 13.0. The zero-order valence-corrected chi connectivity index (χ0v) is 10.9. The summed E-state index contributed by atoms with van der Waals surface area (Å²) in [7, 11) is 0.791. The molecule has 0 amide bonds. The van der Waals surface area contributed by atoms with Crippen LogP contribution in [-0.4, -0.2) is 46.7 Å². The van der Waals surface area contributed by atoms with E-state index in [0.717, 1.165) is 6.54 Å². The molecule has 0 spiro atoms. The van der Waals surface area contributed by atoms with E-state index in [1.54, 1.807) is 12.1 Å². The highest BCUT2D eigenvalue weighted by Gasteiger charge is 2.20. The van der Waals surface area contributed by atoms with Gasteiger partial charge in [-0.2, -0.15) is 11.8 Å². The molecular weight excluding hydrogens is 233 g/mol. The normalized spacial score (nSPS) is 19.9. The zero-order chi connectivity index (χ0) is 12.3. The molecule has 5 heteroatoms. The Balaban J connectivity index is 1.93. The van der Waals surface area contributed by atoms with E-state index in [2.05, 4.69) is 11.9 Å². The van der Waals surface area contributed by atoms with Crippen LogP contribution >= 0.6 is 11.8 Å². The number of nitrogens with zero attached hydrogens (tertiary/aromatic N) is 1.